The Morgan fingerprint density at radius 1 is 1.21 bits per heavy atom. The largest absolute Gasteiger partial charge is 0.342 e. The molecule has 0 atom stereocenters. The van der Waals surface area contributed by atoms with Gasteiger partial charge in [-0.3, -0.25) is 4.79 Å². The first kappa shape index (κ1) is 18.5. The SMILES string of the molecule is Cc1nc(-c2cccc(NC(=O)CN(C)c3nc4c(F)cccc4s3)c2)cs1. The molecule has 1 amide bonds. The summed E-state index contributed by atoms with van der Waals surface area (Å²) in [6, 6.07) is 12.5. The Balaban J connectivity index is 1.45. The zero-order valence-corrected chi connectivity index (χ0v) is 16.9. The number of carbonyl (C=O) groups is 1. The highest BCUT2D eigenvalue weighted by atomic mass is 32.1. The van der Waals surface area contributed by atoms with Gasteiger partial charge in [0.05, 0.1) is 21.9 Å². The van der Waals surface area contributed by atoms with Gasteiger partial charge in [-0.05, 0) is 31.2 Å². The molecule has 0 fully saturated rings. The van der Waals surface area contributed by atoms with Crippen molar-refractivity contribution in [3.63, 3.8) is 0 Å². The zero-order valence-electron chi connectivity index (χ0n) is 15.3. The lowest BCUT2D eigenvalue weighted by Crippen LogP contribution is -2.29. The van der Waals surface area contributed by atoms with Crippen molar-refractivity contribution in [2.24, 2.45) is 0 Å². The van der Waals surface area contributed by atoms with Crippen LogP contribution in [0.15, 0.2) is 47.8 Å². The number of hydrogen-bond acceptors (Lipinski definition) is 6. The van der Waals surface area contributed by atoms with Gasteiger partial charge >= 0.3 is 0 Å². The number of thiazole rings is 2. The minimum absolute atomic E-state index is 0.113. The number of anilines is 2. The molecule has 0 aliphatic carbocycles. The molecule has 2 aromatic heterocycles. The first-order chi connectivity index (χ1) is 13.5. The number of nitrogens with zero attached hydrogens (tertiary/aromatic N) is 3. The highest BCUT2D eigenvalue weighted by Gasteiger charge is 2.14. The van der Waals surface area contributed by atoms with Gasteiger partial charge in [-0.15, -0.1) is 11.3 Å². The molecule has 0 unspecified atom stereocenters. The third-order valence-electron chi connectivity index (χ3n) is 4.13. The number of nitrogens with one attached hydrogen (secondary N) is 1. The van der Waals surface area contributed by atoms with Crippen LogP contribution in [-0.4, -0.2) is 29.5 Å². The Morgan fingerprint density at radius 3 is 2.79 bits per heavy atom. The molecule has 0 saturated heterocycles. The molecule has 5 nitrogen and oxygen atoms in total. The van der Waals surface area contributed by atoms with E-state index < -0.39 is 0 Å². The molecule has 4 rings (SSSR count). The van der Waals surface area contributed by atoms with E-state index in [9.17, 15) is 9.18 Å². The van der Waals surface area contributed by atoms with Crippen LogP contribution in [-0.2, 0) is 4.79 Å². The van der Waals surface area contributed by atoms with Crippen LogP contribution in [0.1, 0.15) is 5.01 Å². The number of benzene rings is 2. The number of aryl methyl sites for hydroxylation is 1. The van der Waals surface area contributed by atoms with Crippen molar-refractivity contribution >= 4 is 49.6 Å². The fourth-order valence-corrected chi connectivity index (χ4v) is 4.36. The van der Waals surface area contributed by atoms with Crippen LogP contribution in [0.25, 0.3) is 21.5 Å². The summed E-state index contributed by atoms with van der Waals surface area (Å²) in [6.45, 7) is 2.07. The van der Waals surface area contributed by atoms with Crippen molar-refractivity contribution in [2.75, 3.05) is 23.8 Å². The maximum Gasteiger partial charge on any atom is 0.243 e. The van der Waals surface area contributed by atoms with Gasteiger partial charge in [-0.1, -0.05) is 29.5 Å². The standard InChI is InChI=1S/C20H17FN4OS2/c1-12-22-16(11-27-12)13-5-3-6-14(9-13)23-18(26)10-25(2)20-24-19-15(21)7-4-8-17(19)28-20/h3-9,11H,10H2,1-2H3,(H,23,26). The van der Waals surface area contributed by atoms with Gasteiger partial charge in [0, 0.05) is 23.7 Å². The van der Waals surface area contributed by atoms with Gasteiger partial charge < -0.3 is 10.2 Å². The second-order valence-electron chi connectivity index (χ2n) is 6.32. The molecule has 1 N–H and O–H groups in total. The number of carbonyl (C=O) groups excluding carboxylic acids is 1. The maximum atomic E-state index is 13.8. The smallest absolute Gasteiger partial charge is 0.243 e. The zero-order chi connectivity index (χ0) is 19.7. The van der Waals surface area contributed by atoms with E-state index in [2.05, 4.69) is 15.3 Å². The van der Waals surface area contributed by atoms with Crippen LogP contribution < -0.4 is 10.2 Å². The molecular weight excluding hydrogens is 395 g/mol. The maximum absolute atomic E-state index is 13.8. The van der Waals surface area contributed by atoms with Gasteiger partial charge in [-0.2, -0.15) is 0 Å². The molecule has 28 heavy (non-hydrogen) atoms. The van der Waals surface area contributed by atoms with E-state index in [0.29, 0.717) is 16.3 Å². The van der Waals surface area contributed by atoms with E-state index in [0.717, 1.165) is 21.0 Å². The lowest BCUT2D eigenvalue weighted by atomic mass is 10.1. The van der Waals surface area contributed by atoms with E-state index in [1.54, 1.807) is 29.4 Å². The molecule has 2 aromatic carbocycles. The predicted octanol–water partition coefficient (Wildman–Crippen LogP) is 4.94. The molecule has 0 saturated carbocycles. The van der Waals surface area contributed by atoms with Crippen LogP contribution in [0.3, 0.4) is 0 Å². The van der Waals surface area contributed by atoms with Gasteiger partial charge in [0.2, 0.25) is 5.91 Å². The van der Waals surface area contributed by atoms with Gasteiger partial charge in [-0.25, -0.2) is 14.4 Å². The van der Waals surface area contributed by atoms with E-state index in [4.69, 9.17) is 0 Å². The molecule has 0 aliphatic rings. The van der Waals surface area contributed by atoms with Crippen molar-refractivity contribution in [1.29, 1.82) is 0 Å². The molecule has 0 bridgehead atoms. The molecule has 8 heteroatoms. The highest BCUT2D eigenvalue weighted by molar-refractivity contribution is 7.22. The molecule has 2 heterocycles. The summed E-state index contributed by atoms with van der Waals surface area (Å²) >= 11 is 2.95. The number of aromatic nitrogens is 2. The second kappa shape index (κ2) is 7.65. The lowest BCUT2D eigenvalue weighted by molar-refractivity contribution is -0.114. The molecule has 0 spiro atoms. The summed E-state index contributed by atoms with van der Waals surface area (Å²) < 4.78 is 14.6. The number of rotatable bonds is 5. The van der Waals surface area contributed by atoms with E-state index in [1.165, 1.54) is 17.4 Å². The van der Waals surface area contributed by atoms with E-state index in [-0.39, 0.29) is 18.3 Å². The summed E-state index contributed by atoms with van der Waals surface area (Å²) in [4.78, 5) is 23.0. The van der Waals surface area contributed by atoms with Crippen LogP contribution in [0.4, 0.5) is 15.2 Å². The highest BCUT2D eigenvalue weighted by Crippen LogP contribution is 2.29. The second-order valence-corrected chi connectivity index (χ2v) is 8.39. The summed E-state index contributed by atoms with van der Waals surface area (Å²) in [5, 5.41) is 6.50. The van der Waals surface area contributed by atoms with Crippen LogP contribution in [0.2, 0.25) is 0 Å². The number of fused-ring (bicyclic) bond motifs is 1. The van der Waals surface area contributed by atoms with Crippen molar-refractivity contribution in [2.45, 2.75) is 6.92 Å². The Hall–Kier alpha value is -2.84. The minimum atomic E-state index is -0.355. The predicted molar refractivity (Wildman–Crippen MR) is 114 cm³/mol. The van der Waals surface area contributed by atoms with Crippen molar-refractivity contribution in [1.82, 2.24) is 9.97 Å². The van der Waals surface area contributed by atoms with Crippen LogP contribution in [0.5, 0.6) is 0 Å². The van der Waals surface area contributed by atoms with Crippen molar-refractivity contribution in [3.8, 4) is 11.3 Å². The number of para-hydroxylation sites is 1. The van der Waals surface area contributed by atoms with E-state index in [1.807, 2.05) is 42.6 Å². The fourth-order valence-electron chi connectivity index (χ4n) is 2.80. The minimum Gasteiger partial charge on any atom is -0.342 e. The summed E-state index contributed by atoms with van der Waals surface area (Å²) in [6.07, 6.45) is 0. The molecular formula is C20H17FN4OS2. The Bertz CT molecular complexity index is 1150. The lowest BCUT2D eigenvalue weighted by Gasteiger charge is -2.15. The molecule has 142 valence electrons. The quantitative estimate of drug-likeness (QED) is 0.504. The normalized spacial score (nSPS) is 11.0. The Kier molecular flexibility index (Phi) is 5.06. The fraction of sp³-hybridized carbons (Fsp3) is 0.150. The molecule has 0 radical (unpaired) electrons. The molecule has 4 aromatic rings. The Labute approximate surface area is 169 Å². The van der Waals surface area contributed by atoms with Crippen molar-refractivity contribution < 1.29 is 9.18 Å². The number of hydrogen-bond donors (Lipinski definition) is 1. The first-order valence-corrected chi connectivity index (χ1v) is 10.3. The average Bonchev–Trinajstić information content (AvgIpc) is 3.29. The van der Waals surface area contributed by atoms with E-state index >= 15 is 0 Å². The third-order valence-corrected chi connectivity index (χ3v) is 6.04. The summed E-state index contributed by atoms with van der Waals surface area (Å²) in [5.74, 6) is -0.527. The summed E-state index contributed by atoms with van der Waals surface area (Å²) in [7, 11) is 1.77. The van der Waals surface area contributed by atoms with Crippen molar-refractivity contribution in [3.05, 3.63) is 58.7 Å². The molecule has 0 aliphatic heterocycles. The number of halogens is 1. The number of likely N-dealkylation sites (N-methyl/N-ethyl adjacent to an activating group) is 1. The van der Waals surface area contributed by atoms with Crippen LogP contribution >= 0.6 is 22.7 Å². The van der Waals surface area contributed by atoms with Gasteiger partial charge in [0.1, 0.15) is 11.3 Å². The summed E-state index contributed by atoms with van der Waals surface area (Å²) in [5.41, 5.74) is 2.89. The monoisotopic (exact) mass is 412 g/mol. The van der Waals surface area contributed by atoms with Crippen LogP contribution in [0, 0.1) is 12.7 Å². The topological polar surface area (TPSA) is 58.1 Å². The Morgan fingerprint density at radius 2 is 2.04 bits per heavy atom. The third kappa shape index (κ3) is 3.88. The first-order valence-electron chi connectivity index (χ1n) is 8.58. The van der Waals surface area contributed by atoms with Gasteiger partial charge in [0.25, 0.3) is 0 Å². The van der Waals surface area contributed by atoms with Gasteiger partial charge in [0.15, 0.2) is 5.13 Å². The number of amides is 1. The average molecular weight is 413 g/mol.